The smallest absolute Gasteiger partial charge is 1.00 e. The van der Waals surface area contributed by atoms with Gasteiger partial charge in [0.1, 0.15) is 0 Å². The summed E-state index contributed by atoms with van der Waals surface area (Å²) in [6.07, 6.45) is 0. The molecule has 0 amide bonds. The monoisotopic (exact) mass is 236 g/mol. The standard InChI is InChI=1S/C7H7.BrH.ClH.Li.Mg/c1-7-5-3-2-4-6-7;;;;/h3-6H,1H3;2*1H;;/q-1;;;+1;+2/p-2. The van der Waals surface area contributed by atoms with Crippen LogP contribution in [0.3, 0.4) is 0 Å². The summed E-state index contributed by atoms with van der Waals surface area (Å²) in [5.41, 5.74) is 1.29. The predicted octanol–water partition coefficient (Wildman–Crippen LogP) is -7.57. The molecule has 0 aliphatic carbocycles. The third-order valence-electron chi connectivity index (χ3n) is 0.885. The minimum atomic E-state index is 0. The fraction of sp³-hybridized carbons (Fsp3) is 0.143. The van der Waals surface area contributed by atoms with E-state index in [1.807, 2.05) is 24.3 Å². The van der Waals surface area contributed by atoms with E-state index in [0.29, 0.717) is 0 Å². The van der Waals surface area contributed by atoms with Gasteiger partial charge in [0, 0.05) is 0 Å². The van der Waals surface area contributed by atoms with Gasteiger partial charge in [-0.1, -0.05) is 6.92 Å². The van der Waals surface area contributed by atoms with Gasteiger partial charge >= 0.3 is 41.9 Å². The molecule has 1 rings (SSSR count). The van der Waals surface area contributed by atoms with Gasteiger partial charge in [-0.3, -0.25) is 0 Å². The summed E-state index contributed by atoms with van der Waals surface area (Å²) in [6, 6.07) is 10.8. The summed E-state index contributed by atoms with van der Waals surface area (Å²) in [5.74, 6) is 0. The number of halogens is 2. The Morgan fingerprint density at radius 3 is 1.73 bits per heavy atom. The quantitative estimate of drug-likeness (QED) is 0.311. The molecule has 0 N–H and O–H groups in total. The molecule has 0 aliphatic heterocycles. The SMILES string of the molecule is Cc1cc[c-]cc1.[Br-].[Cl-].[Li+].[Mg+2]. The fourth-order valence-electron chi connectivity index (χ4n) is 0.470. The van der Waals surface area contributed by atoms with E-state index in [2.05, 4.69) is 13.0 Å². The van der Waals surface area contributed by atoms with Crippen molar-refractivity contribution < 1.29 is 48.2 Å². The normalized spacial score (nSPS) is 5.55. The molecule has 0 atom stereocenters. The zero-order valence-corrected chi connectivity index (χ0v) is 10.5. The molecule has 11 heavy (non-hydrogen) atoms. The second-order valence-electron chi connectivity index (χ2n) is 1.58. The summed E-state index contributed by atoms with van der Waals surface area (Å²) in [7, 11) is 0. The van der Waals surface area contributed by atoms with Crippen molar-refractivity contribution in [3.05, 3.63) is 35.9 Å². The van der Waals surface area contributed by atoms with Crippen molar-refractivity contribution in [1.29, 1.82) is 0 Å². The van der Waals surface area contributed by atoms with Gasteiger partial charge in [-0.15, -0.1) is 0 Å². The Balaban J connectivity index is -0.0000000612. The molecule has 4 heteroatoms. The van der Waals surface area contributed by atoms with E-state index in [4.69, 9.17) is 0 Å². The minimum Gasteiger partial charge on any atom is -1.00 e. The molecule has 52 valence electrons. The van der Waals surface area contributed by atoms with Crippen LogP contribution < -0.4 is 48.2 Å². The number of rotatable bonds is 0. The van der Waals surface area contributed by atoms with Gasteiger partial charge in [0.15, 0.2) is 0 Å². The molecule has 0 nitrogen and oxygen atoms in total. The van der Waals surface area contributed by atoms with Crippen LogP contribution in [0.1, 0.15) is 5.56 Å². The van der Waals surface area contributed by atoms with Gasteiger partial charge in [-0.25, -0.2) is 0 Å². The van der Waals surface area contributed by atoms with Gasteiger partial charge in [0.2, 0.25) is 0 Å². The maximum Gasteiger partial charge on any atom is 2.00 e. The Morgan fingerprint density at radius 1 is 1.18 bits per heavy atom. The van der Waals surface area contributed by atoms with Crippen LogP contribution in [0.5, 0.6) is 0 Å². The summed E-state index contributed by atoms with van der Waals surface area (Å²) < 4.78 is 0. The van der Waals surface area contributed by atoms with Crippen molar-refractivity contribution in [3.63, 3.8) is 0 Å². The van der Waals surface area contributed by atoms with Crippen molar-refractivity contribution in [1.82, 2.24) is 0 Å². The third kappa shape index (κ3) is 11.4. The van der Waals surface area contributed by atoms with Crippen LogP contribution >= 0.6 is 0 Å². The van der Waals surface area contributed by atoms with Crippen LogP contribution in [0.2, 0.25) is 0 Å². The van der Waals surface area contributed by atoms with E-state index in [1.165, 1.54) is 5.56 Å². The van der Waals surface area contributed by atoms with Gasteiger partial charge in [-0.05, 0) is 0 Å². The molecule has 0 radical (unpaired) electrons. The van der Waals surface area contributed by atoms with Crippen molar-refractivity contribution in [2.75, 3.05) is 0 Å². The maximum absolute atomic E-state index is 2.93. The van der Waals surface area contributed by atoms with Crippen LogP contribution in [0.25, 0.3) is 0 Å². The first kappa shape index (κ1) is 22.8. The van der Waals surface area contributed by atoms with E-state index >= 15 is 0 Å². The van der Waals surface area contributed by atoms with Crippen LogP contribution in [0.4, 0.5) is 0 Å². The number of aryl methyl sites for hydroxylation is 1. The molecule has 0 aliphatic rings. The molecule has 0 saturated heterocycles. The minimum absolute atomic E-state index is 0. The van der Waals surface area contributed by atoms with E-state index in [0.717, 1.165) is 0 Å². The summed E-state index contributed by atoms with van der Waals surface area (Å²) in [6.45, 7) is 2.06. The van der Waals surface area contributed by atoms with Crippen molar-refractivity contribution in [2.45, 2.75) is 6.92 Å². The summed E-state index contributed by atoms with van der Waals surface area (Å²) in [4.78, 5) is 0. The number of benzene rings is 1. The van der Waals surface area contributed by atoms with Crippen LogP contribution in [0.15, 0.2) is 24.3 Å². The van der Waals surface area contributed by atoms with E-state index < -0.39 is 0 Å². The van der Waals surface area contributed by atoms with Crippen LogP contribution in [-0.4, -0.2) is 23.1 Å². The molecule has 0 spiro atoms. The Labute approximate surface area is 113 Å². The van der Waals surface area contributed by atoms with Gasteiger partial charge < -0.3 is 29.4 Å². The molecular weight excluding hydrogens is 231 g/mol. The van der Waals surface area contributed by atoms with Crippen molar-refractivity contribution in [2.24, 2.45) is 0 Å². The molecular formula is C7H7BrClLiMg. The number of hydrogen-bond acceptors (Lipinski definition) is 0. The first-order valence-electron chi connectivity index (χ1n) is 2.32. The molecule has 0 unspecified atom stereocenters. The summed E-state index contributed by atoms with van der Waals surface area (Å²) in [5, 5.41) is 0. The van der Waals surface area contributed by atoms with Crippen molar-refractivity contribution >= 4 is 23.1 Å². The van der Waals surface area contributed by atoms with Crippen molar-refractivity contribution in [3.8, 4) is 0 Å². The average molecular weight is 238 g/mol. The topological polar surface area (TPSA) is 0 Å². The third-order valence-corrected chi connectivity index (χ3v) is 0.885. The largest absolute Gasteiger partial charge is 2.00 e. The van der Waals surface area contributed by atoms with Crippen LogP contribution in [-0.2, 0) is 0 Å². The van der Waals surface area contributed by atoms with E-state index in [-0.39, 0.29) is 71.3 Å². The predicted molar refractivity (Wildman–Crippen MR) is 35.8 cm³/mol. The fourth-order valence-corrected chi connectivity index (χ4v) is 0.470. The Morgan fingerprint density at radius 2 is 1.55 bits per heavy atom. The zero-order chi connectivity index (χ0) is 5.11. The molecule has 0 aromatic heterocycles. The molecule has 0 saturated carbocycles. The van der Waals surface area contributed by atoms with Gasteiger partial charge in [-0.2, -0.15) is 35.9 Å². The maximum atomic E-state index is 2.93. The average Bonchev–Trinajstić information content (AvgIpc) is 1.69. The molecule has 1 aromatic rings. The van der Waals surface area contributed by atoms with E-state index in [1.54, 1.807) is 0 Å². The van der Waals surface area contributed by atoms with Gasteiger partial charge in [0.05, 0.1) is 0 Å². The first-order valence-corrected chi connectivity index (χ1v) is 2.32. The molecule has 0 heterocycles. The van der Waals surface area contributed by atoms with E-state index in [9.17, 15) is 0 Å². The zero-order valence-electron chi connectivity index (χ0n) is 6.77. The molecule has 0 bridgehead atoms. The molecule has 0 fully saturated rings. The Hall–Kier alpha value is 1.35. The Bertz CT molecular complexity index is 148. The first-order chi connectivity index (χ1) is 3.39. The Kier molecular flexibility index (Phi) is 28.9. The summed E-state index contributed by atoms with van der Waals surface area (Å²) >= 11 is 0. The molecule has 1 aromatic carbocycles. The van der Waals surface area contributed by atoms with Crippen LogP contribution in [0, 0.1) is 13.0 Å². The second-order valence-corrected chi connectivity index (χ2v) is 1.58. The number of hydrogen-bond donors (Lipinski definition) is 0. The van der Waals surface area contributed by atoms with Gasteiger partial charge in [0.25, 0.3) is 0 Å². The second kappa shape index (κ2) is 13.9.